The van der Waals surface area contributed by atoms with Crippen LogP contribution in [0.5, 0.6) is 11.5 Å². The Morgan fingerprint density at radius 2 is 1.61 bits per heavy atom. The SMILES string of the molecule is CC(=O)O.COC(=O)C1=C(C)N=c2sc(=C3C(=O)N(Cc4ccc(C)cc4)c4ccccc43)c(=O)n2C1c1ccc(OC(C)=O)c(OC)c1. The van der Waals surface area contributed by atoms with Gasteiger partial charge in [-0.1, -0.05) is 65.4 Å². The first-order chi connectivity index (χ1) is 23.4. The van der Waals surface area contributed by atoms with Crippen molar-refractivity contribution in [1.29, 1.82) is 0 Å². The number of hydrogen-bond acceptors (Lipinski definition) is 10. The number of thiazole rings is 1. The molecule has 13 heteroatoms. The lowest BCUT2D eigenvalue weighted by atomic mass is 9.95. The summed E-state index contributed by atoms with van der Waals surface area (Å²) in [5.41, 5.74) is 4.24. The molecule has 1 atom stereocenters. The maximum absolute atomic E-state index is 14.4. The van der Waals surface area contributed by atoms with E-state index in [0.717, 1.165) is 29.4 Å². The summed E-state index contributed by atoms with van der Waals surface area (Å²) in [6.07, 6.45) is 0. The van der Waals surface area contributed by atoms with Crippen molar-refractivity contribution in [2.75, 3.05) is 19.1 Å². The van der Waals surface area contributed by atoms with Crippen LogP contribution in [0.4, 0.5) is 5.69 Å². The number of carbonyl (C=O) groups is 4. The largest absolute Gasteiger partial charge is 0.493 e. The Bertz CT molecular complexity index is 2210. The molecule has 49 heavy (non-hydrogen) atoms. The maximum Gasteiger partial charge on any atom is 0.338 e. The highest BCUT2D eigenvalue weighted by atomic mass is 32.1. The molecule has 1 N–H and O–H groups in total. The molecule has 3 heterocycles. The molecule has 1 unspecified atom stereocenters. The van der Waals surface area contributed by atoms with E-state index >= 15 is 0 Å². The minimum Gasteiger partial charge on any atom is -0.493 e. The first-order valence-electron chi connectivity index (χ1n) is 15.0. The highest BCUT2D eigenvalue weighted by molar-refractivity contribution is 7.07. The Labute approximate surface area is 284 Å². The van der Waals surface area contributed by atoms with Crippen molar-refractivity contribution in [1.82, 2.24) is 4.57 Å². The van der Waals surface area contributed by atoms with Crippen LogP contribution >= 0.6 is 11.3 Å². The first-order valence-corrected chi connectivity index (χ1v) is 15.8. The standard InChI is InChI=1S/C34H29N3O7S.C2H4O2/c1-18-10-12-21(13-11-18)17-36-24-9-7-6-8-23(24)28(31(36)39)30-32(40)37-29(27(33(41)43-5)19(2)35-34(37)45-30)22-14-15-25(44-20(3)38)26(16-22)42-4;1-2(3)4/h6-16,29H,17H2,1-5H3;1H3,(H,3,4). The molecule has 2 aliphatic rings. The molecule has 0 aliphatic carbocycles. The average Bonchev–Trinajstić information content (AvgIpc) is 3.52. The lowest BCUT2D eigenvalue weighted by molar-refractivity contribution is -0.137. The third-order valence-corrected chi connectivity index (χ3v) is 8.82. The third-order valence-electron chi connectivity index (χ3n) is 7.77. The second kappa shape index (κ2) is 14.1. The van der Waals surface area contributed by atoms with E-state index in [1.54, 1.807) is 24.0 Å². The molecular formula is C36H33N3O9S. The number of aryl methyl sites for hydroxylation is 1. The molecule has 0 saturated carbocycles. The van der Waals surface area contributed by atoms with Gasteiger partial charge in [0.1, 0.15) is 4.53 Å². The second-order valence-corrected chi connectivity index (χ2v) is 12.2. The lowest BCUT2D eigenvalue weighted by Crippen LogP contribution is -2.40. The van der Waals surface area contributed by atoms with Crippen LogP contribution in [0.2, 0.25) is 0 Å². The zero-order chi connectivity index (χ0) is 35.6. The minimum atomic E-state index is -0.960. The van der Waals surface area contributed by atoms with Crippen LogP contribution in [0.15, 0.2) is 87.8 Å². The quantitative estimate of drug-likeness (QED) is 0.237. The molecule has 1 amide bonds. The number of carboxylic acids is 1. The number of aliphatic carboxylic acids is 1. The van der Waals surface area contributed by atoms with Crippen LogP contribution in [0, 0.1) is 6.92 Å². The molecule has 2 aliphatic heterocycles. The molecule has 0 radical (unpaired) electrons. The van der Waals surface area contributed by atoms with Gasteiger partial charge in [-0.05, 0) is 43.2 Å². The van der Waals surface area contributed by atoms with E-state index in [1.165, 1.54) is 31.8 Å². The number of nitrogens with zero attached hydrogens (tertiary/aromatic N) is 3. The number of anilines is 1. The van der Waals surface area contributed by atoms with Gasteiger partial charge in [-0.25, -0.2) is 9.79 Å². The topological polar surface area (TPSA) is 154 Å². The summed E-state index contributed by atoms with van der Waals surface area (Å²) < 4.78 is 17.5. The summed E-state index contributed by atoms with van der Waals surface area (Å²) in [5, 5.41) is 7.42. The zero-order valence-electron chi connectivity index (χ0n) is 27.6. The molecule has 1 aromatic heterocycles. The summed E-state index contributed by atoms with van der Waals surface area (Å²) in [5.74, 6) is -1.90. The number of allylic oxidation sites excluding steroid dienone is 1. The van der Waals surface area contributed by atoms with E-state index < -0.39 is 29.5 Å². The van der Waals surface area contributed by atoms with Crippen LogP contribution in [0.25, 0.3) is 5.57 Å². The molecule has 0 saturated heterocycles. The van der Waals surface area contributed by atoms with Crippen molar-refractivity contribution in [3.63, 3.8) is 0 Å². The first kappa shape index (κ1) is 34.5. The normalized spacial score (nSPS) is 15.8. The van der Waals surface area contributed by atoms with E-state index in [4.69, 9.17) is 24.1 Å². The van der Waals surface area contributed by atoms with Gasteiger partial charge in [0.05, 0.1) is 49.3 Å². The monoisotopic (exact) mass is 683 g/mol. The number of fused-ring (bicyclic) bond motifs is 2. The number of aromatic nitrogens is 1. The van der Waals surface area contributed by atoms with Crippen molar-refractivity contribution in [2.24, 2.45) is 4.99 Å². The molecule has 0 spiro atoms. The number of rotatable bonds is 6. The molecule has 4 aromatic rings. The molecule has 0 fully saturated rings. The van der Waals surface area contributed by atoms with Gasteiger partial charge in [0, 0.05) is 19.4 Å². The average molecular weight is 684 g/mol. The summed E-state index contributed by atoms with van der Waals surface area (Å²) in [6, 6.07) is 19.2. The number of ether oxygens (including phenoxy) is 3. The summed E-state index contributed by atoms with van der Waals surface area (Å²) in [6.45, 7) is 6.37. The van der Waals surface area contributed by atoms with Crippen molar-refractivity contribution in [3.05, 3.63) is 120 Å². The zero-order valence-corrected chi connectivity index (χ0v) is 28.4. The lowest BCUT2D eigenvalue weighted by Gasteiger charge is -2.25. The van der Waals surface area contributed by atoms with Crippen LogP contribution in [-0.4, -0.2) is 47.7 Å². The smallest absolute Gasteiger partial charge is 0.338 e. The van der Waals surface area contributed by atoms with Crippen molar-refractivity contribution in [3.8, 4) is 11.5 Å². The fourth-order valence-electron chi connectivity index (χ4n) is 5.68. The predicted molar refractivity (Wildman–Crippen MR) is 181 cm³/mol. The summed E-state index contributed by atoms with van der Waals surface area (Å²) in [7, 11) is 2.68. The second-order valence-electron chi connectivity index (χ2n) is 11.2. The van der Waals surface area contributed by atoms with E-state index in [1.807, 2.05) is 55.5 Å². The maximum atomic E-state index is 14.4. The number of benzene rings is 3. The number of hydrogen-bond donors (Lipinski definition) is 1. The van der Waals surface area contributed by atoms with Gasteiger partial charge in [0.25, 0.3) is 17.4 Å². The Morgan fingerprint density at radius 3 is 2.24 bits per heavy atom. The molecule has 12 nitrogen and oxygen atoms in total. The molecule has 6 rings (SSSR count). The molecule has 252 valence electrons. The fraction of sp³-hybridized carbons (Fsp3) is 0.222. The van der Waals surface area contributed by atoms with Crippen LogP contribution in [-0.2, 0) is 30.5 Å². The predicted octanol–water partition coefficient (Wildman–Crippen LogP) is 3.66. The van der Waals surface area contributed by atoms with Gasteiger partial charge in [-0.15, -0.1) is 0 Å². The van der Waals surface area contributed by atoms with Crippen LogP contribution < -0.4 is 29.3 Å². The molecule has 3 aromatic carbocycles. The van der Waals surface area contributed by atoms with Crippen molar-refractivity contribution >= 4 is 46.4 Å². The van der Waals surface area contributed by atoms with E-state index in [-0.39, 0.29) is 33.1 Å². The number of carbonyl (C=O) groups excluding carboxylic acids is 3. The van der Waals surface area contributed by atoms with Crippen molar-refractivity contribution in [2.45, 2.75) is 40.3 Å². The highest BCUT2D eigenvalue weighted by Gasteiger charge is 2.37. The minimum absolute atomic E-state index is 0.155. The Hall–Kier alpha value is -5.82. The van der Waals surface area contributed by atoms with Crippen molar-refractivity contribution < 1.29 is 38.5 Å². The van der Waals surface area contributed by atoms with Crippen LogP contribution in [0.1, 0.15) is 49.1 Å². The third kappa shape index (κ3) is 6.79. The Kier molecular flexibility index (Phi) is 9.94. The number of methoxy groups -OCH3 is 2. The van der Waals surface area contributed by atoms with E-state index in [0.29, 0.717) is 33.9 Å². The highest BCUT2D eigenvalue weighted by Crippen LogP contribution is 2.38. The van der Waals surface area contributed by atoms with Gasteiger partial charge < -0.3 is 24.2 Å². The molecular weight excluding hydrogens is 650 g/mol. The number of esters is 2. The summed E-state index contributed by atoms with van der Waals surface area (Å²) >= 11 is 1.09. The fourth-order valence-corrected chi connectivity index (χ4v) is 6.82. The van der Waals surface area contributed by atoms with E-state index in [9.17, 15) is 19.2 Å². The summed E-state index contributed by atoms with van der Waals surface area (Å²) in [4.78, 5) is 68.9. The Morgan fingerprint density at radius 1 is 0.939 bits per heavy atom. The van der Waals surface area contributed by atoms with Gasteiger partial charge in [-0.3, -0.25) is 23.7 Å². The van der Waals surface area contributed by atoms with Gasteiger partial charge in [-0.2, -0.15) is 0 Å². The number of carboxylic acid groups (broad SMARTS) is 1. The number of amides is 1. The van der Waals surface area contributed by atoms with Gasteiger partial charge in [0.2, 0.25) is 0 Å². The molecule has 0 bridgehead atoms. The van der Waals surface area contributed by atoms with Crippen LogP contribution in [0.3, 0.4) is 0 Å². The van der Waals surface area contributed by atoms with E-state index in [2.05, 4.69) is 4.99 Å². The number of para-hydroxylation sites is 1. The van der Waals surface area contributed by atoms with Gasteiger partial charge >= 0.3 is 11.9 Å². The van der Waals surface area contributed by atoms with Gasteiger partial charge in [0.15, 0.2) is 16.3 Å². The Balaban J connectivity index is 0.00000111.